The Morgan fingerprint density at radius 3 is 2.95 bits per heavy atom. The minimum atomic E-state index is -0.432. The monoisotopic (exact) mass is 386 g/mol. The maximum Gasteiger partial charge on any atom is 0.410 e. The number of aromatic nitrogens is 1. The standard InChI is InChI=1S/C16H23BrN2O2S/c1-16(2,3)21-15(20)19-9-5-6-12(10-19)11-22-14-8-4-7-13(17)18-14/h4,7-8,12H,5-6,9-11H2,1-3H3/t12-/m1/s1. The summed E-state index contributed by atoms with van der Waals surface area (Å²) in [6.07, 6.45) is 2.00. The fourth-order valence-electron chi connectivity index (χ4n) is 2.37. The Morgan fingerprint density at radius 2 is 2.27 bits per heavy atom. The highest BCUT2D eigenvalue weighted by atomic mass is 79.9. The van der Waals surface area contributed by atoms with Crippen molar-refractivity contribution in [1.29, 1.82) is 0 Å². The second-order valence-electron chi connectivity index (χ2n) is 6.54. The Morgan fingerprint density at radius 1 is 1.50 bits per heavy atom. The molecule has 0 unspecified atom stereocenters. The van der Waals surface area contributed by atoms with Crippen molar-refractivity contribution in [3.8, 4) is 0 Å². The average Bonchev–Trinajstić information content (AvgIpc) is 2.44. The Labute approximate surface area is 145 Å². The number of piperidine rings is 1. The molecule has 1 aromatic heterocycles. The fraction of sp³-hybridized carbons (Fsp3) is 0.625. The first-order valence-electron chi connectivity index (χ1n) is 7.57. The van der Waals surface area contributed by atoms with Gasteiger partial charge in [0.05, 0.1) is 5.03 Å². The third kappa shape index (κ3) is 5.80. The second-order valence-corrected chi connectivity index (χ2v) is 8.40. The molecule has 0 aliphatic carbocycles. The number of carbonyl (C=O) groups is 1. The Balaban J connectivity index is 1.84. The van der Waals surface area contributed by atoms with Crippen LogP contribution in [0.4, 0.5) is 4.79 Å². The largest absolute Gasteiger partial charge is 0.444 e. The van der Waals surface area contributed by atoms with Crippen LogP contribution < -0.4 is 0 Å². The molecule has 1 aliphatic rings. The van der Waals surface area contributed by atoms with Gasteiger partial charge in [0.25, 0.3) is 0 Å². The van der Waals surface area contributed by atoms with Crippen LogP contribution in [-0.2, 0) is 4.74 Å². The minimum absolute atomic E-state index is 0.192. The first-order chi connectivity index (χ1) is 10.3. The number of thioether (sulfide) groups is 1. The molecule has 0 radical (unpaired) electrons. The molecule has 0 N–H and O–H groups in total. The number of amides is 1. The van der Waals surface area contributed by atoms with Gasteiger partial charge in [0.15, 0.2) is 0 Å². The molecule has 0 bridgehead atoms. The van der Waals surface area contributed by atoms with Gasteiger partial charge >= 0.3 is 6.09 Å². The molecule has 1 atom stereocenters. The summed E-state index contributed by atoms with van der Waals surface area (Å²) >= 11 is 5.14. The highest BCUT2D eigenvalue weighted by molar-refractivity contribution is 9.10. The average molecular weight is 387 g/mol. The van der Waals surface area contributed by atoms with Gasteiger partial charge in [-0.15, -0.1) is 11.8 Å². The van der Waals surface area contributed by atoms with Gasteiger partial charge in [0.1, 0.15) is 10.2 Å². The van der Waals surface area contributed by atoms with Crippen LogP contribution in [0.3, 0.4) is 0 Å². The first kappa shape index (κ1) is 17.6. The zero-order valence-electron chi connectivity index (χ0n) is 13.3. The van der Waals surface area contributed by atoms with Crippen LogP contribution >= 0.6 is 27.7 Å². The van der Waals surface area contributed by atoms with Crippen molar-refractivity contribution in [1.82, 2.24) is 9.88 Å². The molecular formula is C16H23BrN2O2S. The molecule has 1 amide bonds. The van der Waals surface area contributed by atoms with E-state index in [1.165, 1.54) is 0 Å². The van der Waals surface area contributed by atoms with E-state index in [0.717, 1.165) is 41.3 Å². The van der Waals surface area contributed by atoms with E-state index in [0.29, 0.717) is 5.92 Å². The van der Waals surface area contributed by atoms with Crippen LogP contribution in [0.5, 0.6) is 0 Å². The molecule has 0 saturated carbocycles. The lowest BCUT2D eigenvalue weighted by Gasteiger charge is -2.34. The molecule has 1 saturated heterocycles. The second kappa shape index (κ2) is 7.68. The molecule has 1 aromatic rings. The third-order valence-electron chi connectivity index (χ3n) is 3.33. The molecule has 1 aliphatic heterocycles. The molecule has 2 heterocycles. The predicted molar refractivity (Wildman–Crippen MR) is 93.2 cm³/mol. The van der Waals surface area contributed by atoms with E-state index in [9.17, 15) is 4.79 Å². The minimum Gasteiger partial charge on any atom is -0.444 e. The summed E-state index contributed by atoms with van der Waals surface area (Å²) in [5, 5.41) is 1.02. The molecule has 0 aromatic carbocycles. The van der Waals surface area contributed by atoms with Gasteiger partial charge in [-0.2, -0.15) is 0 Å². The number of carbonyl (C=O) groups excluding carboxylic acids is 1. The molecule has 2 rings (SSSR count). The highest BCUT2D eigenvalue weighted by Gasteiger charge is 2.27. The summed E-state index contributed by atoms with van der Waals surface area (Å²) in [5.74, 6) is 1.47. The first-order valence-corrected chi connectivity index (χ1v) is 9.34. The molecule has 6 heteroatoms. The van der Waals surface area contributed by atoms with Crippen molar-refractivity contribution < 1.29 is 9.53 Å². The summed E-state index contributed by atoms with van der Waals surface area (Å²) in [4.78, 5) is 18.4. The normalized spacial score (nSPS) is 19.1. The van der Waals surface area contributed by atoms with E-state index in [-0.39, 0.29) is 6.09 Å². The third-order valence-corrected chi connectivity index (χ3v) is 4.93. The van der Waals surface area contributed by atoms with Crippen molar-refractivity contribution in [3.05, 3.63) is 22.8 Å². The lowest BCUT2D eigenvalue weighted by molar-refractivity contribution is 0.0177. The van der Waals surface area contributed by atoms with Crippen molar-refractivity contribution >= 4 is 33.8 Å². The number of hydrogen-bond donors (Lipinski definition) is 0. The van der Waals surface area contributed by atoms with E-state index < -0.39 is 5.60 Å². The van der Waals surface area contributed by atoms with Gasteiger partial charge in [-0.25, -0.2) is 9.78 Å². The summed E-state index contributed by atoms with van der Waals surface area (Å²) in [6, 6.07) is 5.94. The summed E-state index contributed by atoms with van der Waals surface area (Å²) in [5.41, 5.74) is -0.432. The highest BCUT2D eigenvalue weighted by Crippen LogP contribution is 2.26. The van der Waals surface area contributed by atoms with Crippen molar-refractivity contribution in [3.63, 3.8) is 0 Å². The summed E-state index contributed by atoms with van der Waals surface area (Å²) < 4.78 is 6.32. The molecule has 0 spiro atoms. The number of hydrogen-bond acceptors (Lipinski definition) is 4. The molecule has 1 fully saturated rings. The van der Waals surface area contributed by atoms with Crippen LogP contribution in [0, 0.1) is 5.92 Å². The van der Waals surface area contributed by atoms with Gasteiger partial charge in [-0.1, -0.05) is 6.07 Å². The van der Waals surface area contributed by atoms with Crippen molar-refractivity contribution in [2.75, 3.05) is 18.8 Å². The smallest absolute Gasteiger partial charge is 0.410 e. The molecular weight excluding hydrogens is 364 g/mol. The quantitative estimate of drug-likeness (QED) is 0.562. The number of ether oxygens (including phenoxy) is 1. The number of pyridine rings is 1. The SMILES string of the molecule is CC(C)(C)OC(=O)N1CCC[C@@H](CSc2cccc(Br)n2)C1. The van der Waals surface area contributed by atoms with Gasteiger partial charge in [-0.05, 0) is 67.6 Å². The zero-order chi connectivity index (χ0) is 16.2. The lowest BCUT2D eigenvalue weighted by Crippen LogP contribution is -2.43. The fourth-order valence-corrected chi connectivity index (χ4v) is 3.84. The van der Waals surface area contributed by atoms with Gasteiger partial charge < -0.3 is 9.64 Å². The Bertz CT molecular complexity index is 519. The van der Waals surface area contributed by atoms with Crippen LogP contribution in [0.15, 0.2) is 27.8 Å². The van der Waals surface area contributed by atoms with E-state index in [2.05, 4.69) is 20.9 Å². The number of halogens is 1. The summed E-state index contributed by atoms with van der Waals surface area (Å²) in [6.45, 7) is 7.28. The van der Waals surface area contributed by atoms with Crippen LogP contribution in [0.1, 0.15) is 33.6 Å². The predicted octanol–water partition coefficient (Wildman–Crippen LogP) is 4.58. The van der Waals surface area contributed by atoms with E-state index in [4.69, 9.17) is 4.74 Å². The maximum absolute atomic E-state index is 12.2. The van der Waals surface area contributed by atoms with Crippen molar-refractivity contribution in [2.24, 2.45) is 5.92 Å². The number of nitrogens with zero attached hydrogens (tertiary/aromatic N) is 2. The van der Waals surface area contributed by atoms with Gasteiger partial charge in [0, 0.05) is 18.8 Å². The van der Waals surface area contributed by atoms with E-state index >= 15 is 0 Å². The molecule has 4 nitrogen and oxygen atoms in total. The van der Waals surface area contributed by atoms with E-state index in [1.54, 1.807) is 11.8 Å². The van der Waals surface area contributed by atoms with Crippen LogP contribution in [0.2, 0.25) is 0 Å². The van der Waals surface area contributed by atoms with Crippen LogP contribution in [-0.4, -0.2) is 40.4 Å². The molecule has 22 heavy (non-hydrogen) atoms. The number of likely N-dealkylation sites (tertiary alicyclic amines) is 1. The van der Waals surface area contributed by atoms with Gasteiger partial charge in [-0.3, -0.25) is 0 Å². The zero-order valence-corrected chi connectivity index (χ0v) is 15.7. The van der Waals surface area contributed by atoms with Gasteiger partial charge in [0.2, 0.25) is 0 Å². The topological polar surface area (TPSA) is 42.4 Å². The summed E-state index contributed by atoms with van der Waals surface area (Å²) in [7, 11) is 0. The van der Waals surface area contributed by atoms with Crippen molar-refractivity contribution in [2.45, 2.75) is 44.2 Å². The molecule has 122 valence electrons. The Kier molecular flexibility index (Phi) is 6.15. The number of rotatable bonds is 3. The lowest BCUT2D eigenvalue weighted by atomic mass is 10.0. The maximum atomic E-state index is 12.2. The Hall–Kier alpha value is -0.750. The van der Waals surface area contributed by atoms with E-state index in [1.807, 2.05) is 43.9 Å². The van der Waals surface area contributed by atoms with Crippen LogP contribution in [0.25, 0.3) is 0 Å².